The summed E-state index contributed by atoms with van der Waals surface area (Å²) in [5.74, 6) is -1.43. The molecule has 0 aliphatic carbocycles. The van der Waals surface area contributed by atoms with Crippen LogP contribution in [0.1, 0.15) is 100 Å². The summed E-state index contributed by atoms with van der Waals surface area (Å²) >= 11 is 1.54. The smallest absolute Gasteiger partial charge is 0.328 e. The lowest BCUT2D eigenvalue weighted by Crippen LogP contribution is -2.52. The van der Waals surface area contributed by atoms with E-state index >= 15 is 0 Å². The van der Waals surface area contributed by atoms with Crippen LogP contribution in [0.25, 0.3) is 0 Å². The van der Waals surface area contributed by atoms with Crippen molar-refractivity contribution in [2.45, 2.75) is 112 Å². The molecule has 260 valence electrons. The second kappa shape index (κ2) is 28.1. The van der Waals surface area contributed by atoms with Crippen molar-refractivity contribution in [3.05, 3.63) is 34.9 Å². The molecule has 11 heteroatoms. The molecule has 4 N–H and O–H groups in total. The Bertz CT molecular complexity index is 964. The van der Waals surface area contributed by atoms with E-state index in [1.807, 2.05) is 6.26 Å². The highest BCUT2D eigenvalue weighted by atomic mass is 32.2. The van der Waals surface area contributed by atoms with E-state index in [9.17, 15) is 24.1 Å². The Hall–Kier alpha value is -2.16. The fraction of sp³-hybridized carbons (Fsp3) is 0.706. The minimum atomic E-state index is -1.33. The number of thioether (sulfide) groups is 1. The van der Waals surface area contributed by atoms with Gasteiger partial charge in [-0.3, -0.25) is 14.4 Å². The quantitative estimate of drug-likeness (QED) is 0.0642. The Morgan fingerprint density at radius 2 is 1.47 bits per heavy atom. The predicted molar refractivity (Wildman–Crippen MR) is 192 cm³/mol. The van der Waals surface area contributed by atoms with Crippen LogP contribution in [0.15, 0.2) is 34.9 Å². The third kappa shape index (κ3) is 25.7. The third-order valence-corrected chi connectivity index (χ3v) is 8.48. The van der Waals surface area contributed by atoms with Gasteiger partial charge in [-0.15, -0.1) is 0 Å². The third-order valence-electron chi connectivity index (χ3n) is 6.49. The number of ether oxygens (including phenoxy) is 1. The van der Waals surface area contributed by atoms with E-state index in [1.165, 1.54) is 30.2 Å². The van der Waals surface area contributed by atoms with Gasteiger partial charge in [0.25, 0.3) is 0 Å². The summed E-state index contributed by atoms with van der Waals surface area (Å²) in [6.45, 7) is 16.0. The van der Waals surface area contributed by atoms with Crippen molar-refractivity contribution in [3.63, 3.8) is 0 Å². The van der Waals surface area contributed by atoms with E-state index in [0.717, 1.165) is 25.7 Å². The van der Waals surface area contributed by atoms with Gasteiger partial charge in [0.15, 0.2) is 0 Å². The van der Waals surface area contributed by atoms with Gasteiger partial charge in [-0.05, 0) is 77.7 Å². The molecule has 0 bridgehead atoms. The molecule has 0 aromatic rings. The number of hydrogen-bond donors (Lipinski definition) is 4. The van der Waals surface area contributed by atoms with Gasteiger partial charge in [0, 0.05) is 26.9 Å². The van der Waals surface area contributed by atoms with Gasteiger partial charge >= 0.3 is 5.97 Å². The van der Waals surface area contributed by atoms with Crippen LogP contribution >= 0.6 is 19.9 Å². The highest BCUT2D eigenvalue weighted by molar-refractivity contribution is 7.98. The number of allylic oxidation sites excluding steroid dienone is 6. The number of amides is 3. The molecule has 0 saturated carbocycles. The van der Waals surface area contributed by atoms with Crippen molar-refractivity contribution in [3.8, 4) is 0 Å². The van der Waals surface area contributed by atoms with Crippen LogP contribution in [-0.2, 0) is 23.9 Å². The molecule has 3 amide bonds. The second-order valence-corrected chi connectivity index (χ2v) is 14.6. The van der Waals surface area contributed by atoms with Gasteiger partial charge in [-0.1, -0.05) is 69.1 Å². The van der Waals surface area contributed by atoms with Crippen LogP contribution < -0.4 is 16.0 Å². The van der Waals surface area contributed by atoms with E-state index in [1.54, 1.807) is 25.6 Å². The fourth-order valence-electron chi connectivity index (χ4n) is 3.85. The maximum Gasteiger partial charge on any atom is 0.328 e. The Kier molecular flexibility index (Phi) is 28.1. The Balaban J connectivity index is 0. The van der Waals surface area contributed by atoms with Gasteiger partial charge in [0.2, 0.25) is 17.7 Å². The number of esters is 1. The lowest BCUT2D eigenvalue weighted by molar-refractivity contribution is -0.145. The Morgan fingerprint density at radius 1 is 0.889 bits per heavy atom. The van der Waals surface area contributed by atoms with Crippen molar-refractivity contribution in [2.75, 3.05) is 38.0 Å². The molecule has 0 radical (unpaired) electrons. The molecule has 0 fully saturated rings. The number of nitrogens with one attached hydrogen (secondary N) is 3. The van der Waals surface area contributed by atoms with Crippen molar-refractivity contribution in [1.29, 1.82) is 0 Å². The average Bonchev–Trinajstić information content (AvgIpc) is 2.98. The van der Waals surface area contributed by atoms with Crippen molar-refractivity contribution in [1.82, 2.24) is 16.0 Å². The van der Waals surface area contributed by atoms with Crippen LogP contribution in [0, 0.1) is 5.92 Å². The van der Waals surface area contributed by atoms with Crippen LogP contribution in [0.2, 0.25) is 0 Å². The minimum Gasteiger partial charge on any atom is -0.467 e. The number of methoxy groups -OCH3 is 1. The Morgan fingerprint density at radius 3 is 2.00 bits per heavy atom. The monoisotopic (exact) mass is 671 g/mol. The van der Waals surface area contributed by atoms with Crippen LogP contribution in [0.3, 0.4) is 0 Å². The predicted octanol–water partition coefficient (Wildman–Crippen LogP) is 6.27. The van der Waals surface area contributed by atoms with Crippen molar-refractivity contribution in [2.24, 2.45) is 5.92 Å². The summed E-state index contributed by atoms with van der Waals surface area (Å²) in [4.78, 5) is 60.0. The zero-order valence-corrected chi connectivity index (χ0v) is 31.3. The van der Waals surface area contributed by atoms with Gasteiger partial charge in [-0.25, -0.2) is 4.79 Å². The molecule has 3 unspecified atom stereocenters. The zero-order valence-electron chi connectivity index (χ0n) is 29.6. The first-order chi connectivity index (χ1) is 21.2. The number of hydrogen-bond acceptors (Lipinski definition) is 7. The summed E-state index contributed by atoms with van der Waals surface area (Å²) in [6.07, 6.45) is 15.2. The molecular weight excluding hydrogens is 609 g/mol. The highest BCUT2D eigenvalue weighted by Gasteiger charge is 2.26. The number of carbonyl (C=O) groups excluding carboxylic acids is 4. The molecule has 0 aliphatic rings. The summed E-state index contributed by atoms with van der Waals surface area (Å²) in [6, 6.07) is -1.62. The molecule has 0 aromatic carbocycles. The van der Waals surface area contributed by atoms with Gasteiger partial charge in [-0.2, -0.15) is 11.8 Å². The first kappa shape index (κ1) is 45.0. The van der Waals surface area contributed by atoms with Crippen molar-refractivity contribution >= 4 is 43.6 Å². The second-order valence-electron chi connectivity index (χ2n) is 11.8. The summed E-state index contributed by atoms with van der Waals surface area (Å²) in [5.41, 5.74) is 3.95. The fourth-order valence-corrected chi connectivity index (χ4v) is 5.49. The molecule has 3 atom stereocenters. The van der Waals surface area contributed by atoms with E-state index in [-0.39, 0.29) is 24.8 Å². The SMILES string of the molecule is CCC.COC(=O)C(CCSC)NC(=O)CNC(=O)C(NC(=O)CCP(O)C/C=C(\C)CC/C=C(\C)CCC=C(C)C)C(C)C. The van der Waals surface area contributed by atoms with E-state index in [0.29, 0.717) is 24.5 Å². The molecule has 0 spiro atoms. The molecule has 45 heavy (non-hydrogen) atoms. The van der Waals surface area contributed by atoms with E-state index < -0.39 is 38.0 Å². The minimum absolute atomic E-state index is 0.107. The van der Waals surface area contributed by atoms with Crippen LogP contribution in [0.5, 0.6) is 0 Å². The Labute approximate surface area is 279 Å². The molecule has 0 aromatic heterocycles. The molecule has 0 heterocycles. The molecule has 0 saturated heterocycles. The standard InChI is InChI=1S/C31H54N3O6PS.C3H8/c1-22(2)11-9-12-24(5)13-10-14-25(6)15-18-41(39)19-16-27(35)34-29(23(3)4)30(37)32-21-28(36)33-26(17-20-42-8)31(38)40-7;1-3-2/h11,13,15,23,26,29,39H,9-10,12,14,16-21H2,1-8H3,(H,32,37)(H,33,36)(H,34,35);3H2,1-2H3/b24-13+,25-15+;. The summed E-state index contributed by atoms with van der Waals surface area (Å²) < 4.78 is 4.73. The molecule has 9 nitrogen and oxygen atoms in total. The first-order valence-electron chi connectivity index (χ1n) is 16.0. The lowest BCUT2D eigenvalue weighted by Gasteiger charge is -2.22. The summed E-state index contributed by atoms with van der Waals surface area (Å²) in [7, 11) is -0.0749. The zero-order chi connectivity index (χ0) is 34.8. The maximum absolute atomic E-state index is 12.7. The van der Waals surface area contributed by atoms with Gasteiger partial charge in [0.1, 0.15) is 12.1 Å². The molecular formula is C34H62N3O6PS. The van der Waals surface area contributed by atoms with E-state index in [2.05, 4.69) is 75.7 Å². The molecule has 0 rings (SSSR count). The molecule has 0 aliphatic heterocycles. The largest absolute Gasteiger partial charge is 0.467 e. The average molecular weight is 672 g/mol. The normalized spacial score (nSPS) is 13.5. The number of rotatable bonds is 21. The summed E-state index contributed by atoms with van der Waals surface area (Å²) in [5, 5.41) is 7.85. The maximum atomic E-state index is 12.7. The number of carbonyl (C=O) groups is 4. The lowest BCUT2D eigenvalue weighted by atomic mass is 10.0. The topological polar surface area (TPSA) is 134 Å². The van der Waals surface area contributed by atoms with Gasteiger partial charge in [0.05, 0.1) is 13.7 Å². The first-order valence-corrected chi connectivity index (χ1v) is 19.1. The van der Waals surface area contributed by atoms with E-state index in [4.69, 9.17) is 4.74 Å². The van der Waals surface area contributed by atoms with Crippen LogP contribution in [0.4, 0.5) is 0 Å². The van der Waals surface area contributed by atoms with Crippen molar-refractivity contribution < 1.29 is 28.8 Å². The van der Waals surface area contributed by atoms with Gasteiger partial charge < -0.3 is 25.6 Å². The van der Waals surface area contributed by atoms with Crippen LogP contribution in [-0.4, -0.2) is 78.7 Å². The highest BCUT2D eigenvalue weighted by Crippen LogP contribution is 2.31.